The van der Waals surface area contributed by atoms with Crippen LogP contribution in [0.3, 0.4) is 0 Å². The molecule has 3 aromatic rings. The van der Waals surface area contributed by atoms with Gasteiger partial charge in [-0.05, 0) is 31.2 Å². The summed E-state index contributed by atoms with van der Waals surface area (Å²) in [5.74, 6) is 6.42. The largest absolute Gasteiger partial charge is 0.496 e. The van der Waals surface area contributed by atoms with E-state index in [-0.39, 0.29) is 10.6 Å². The monoisotopic (exact) mass is 422 g/mol. The van der Waals surface area contributed by atoms with E-state index in [4.69, 9.17) is 10.6 Å². The zero-order chi connectivity index (χ0) is 18.2. The minimum Gasteiger partial charge on any atom is -0.496 e. The Morgan fingerprint density at radius 3 is 2.52 bits per heavy atom. The van der Waals surface area contributed by atoms with Gasteiger partial charge in [0.05, 0.1) is 29.1 Å². The molecule has 0 bridgehead atoms. The van der Waals surface area contributed by atoms with Gasteiger partial charge in [-0.2, -0.15) is 23.0 Å². The average molecular weight is 423 g/mol. The fourth-order valence-corrected chi connectivity index (χ4v) is 3.93. The fraction of sp³-hybridized carbons (Fsp3) is 0.125. The zero-order valence-electron chi connectivity index (χ0n) is 13.5. The summed E-state index contributed by atoms with van der Waals surface area (Å²) in [6, 6.07) is 9.85. The van der Waals surface area contributed by atoms with Crippen molar-refractivity contribution in [3.63, 3.8) is 0 Å². The molecule has 1 heterocycles. The number of ether oxygens (including phenoxy) is 1. The topological polar surface area (TPSA) is 98.4 Å². The second-order valence-electron chi connectivity index (χ2n) is 5.35. The van der Waals surface area contributed by atoms with Gasteiger partial charge in [-0.15, -0.1) is 0 Å². The number of aromatic nitrogens is 2. The number of hydrogen-bond acceptors (Lipinski definition) is 6. The van der Waals surface area contributed by atoms with E-state index < -0.39 is 10.0 Å². The van der Waals surface area contributed by atoms with Gasteiger partial charge in [-0.1, -0.05) is 33.6 Å². The first-order valence-electron chi connectivity index (χ1n) is 7.20. The summed E-state index contributed by atoms with van der Waals surface area (Å²) in [4.78, 5) is 0.0849. The highest BCUT2D eigenvalue weighted by Gasteiger charge is 2.25. The first-order chi connectivity index (χ1) is 11.8. The van der Waals surface area contributed by atoms with E-state index >= 15 is 0 Å². The van der Waals surface area contributed by atoms with Crippen molar-refractivity contribution in [2.45, 2.75) is 11.8 Å². The quantitative estimate of drug-likeness (QED) is 0.512. The Morgan fingerprint density at radius 2 is 1.88 bits per heavy atom. The van der Waals surface area contributed by atoms with Crippen LogP contribution in [0.2, 0.25) is 0 Å². The van der Waals surface area contributed by atoms with Crippen molar-refractivity contribution >= 4 is 42.5 Å². The number of sulfonamides is 1. The average Bonchev–Trinajstić information content (AvgIpc) is 2.60. The van der Waals surface area contributed by atoms with Gasteiger partial charge < -0.3 is 4.74 Å². The number of hydrogen-bond donors (Lipinski definition) is 1. The highest BCUT2D eigenvalue weighted by atomic mass is 79.9. The summed E-state index contributed by atoms with van der Waals surface area (Å²) in [6.45, 7) is 1.87. The Morgan fingerprint density at radius 1 is 1.20 bits per heavy atom. The Kier molecular flexibility index (Phi) is 4.63. The molecule has 0 amide bonds. The molecule has 130 valence electrons. The Balaban J connectivity index is 2.20. The van der Waals surface area contributed by atoms with Crippen LogP contribution in [0, 0.1) is 6.92 Å². The number of fused-ring (bicyclic) bond motifs is 1. The second kappa shape index (κ2) is 6.58. The van der Waals surface area contributed by atoms with E-state index in [9.17, 15) is 8.42 Å². The molecule has 0 spiro atoms. The number of methoxy groups -OCH3 is 1. The SMILES string of the molecule is COc1cc(Br)cc2nncc(N(N)S(=O)(=O)c3ccc(C)cc3)c12. The molecule has 0 radical (unpaired) electrons. The van der Waals surface area contributed by atoms with E-state index in [0.29, 0.717) is 21.1 Å². The van der Waals surface area contributed by atoms with Crippen molar-refractivity contribution in [3.05, 3.63) is 52.6 Å². The molecule has 0 aliphatic rings. The van der Waals surface area contributed by atoms with Crippen LogP contribution in [0.5, 0.6) is 5.75 Å². The highest BCUT2D eigenvalue weighted by molar-refractivity contribution is 9.10. The van der Waals surface area contributed by atoms with Crippen LogP contribution in [0.4, 0.5) is 5.69 Å². The maximum Gasteiger partial charge on any atom is 0.277 e. The number of hydrazine groups is 1. The summed E-state index contributed by atoms with van der Waals surface area (Å²) in [7, 11) is -2.47. The van der Waals surface area contributed by atoms with Crippen LogP contribution in [-0.2, 0) is 10.0 Å². The van der Waals surface area contributed by atoms with Gasteiger partial charge in [-0.25, -0.2) is 5.84 Å². The first kappa shape index (κ1) is 17.6. The molecule has 0 fully saturated rings. The van der Waals surface area contributed by atoms with Crippen molar-refractivity contribution < 1.29 is 13.2 Å². The number of rotatable bonds is 4. The van der Waals surface area contributed by atoms with Crippen LogP contribution in [0.1, 0.15) is 5.56 Å². The smallest absolute Gasteiger partial charge is 0.277 e. The standard InChI is InChI=1S/C16H15BrN4O3S/c1-10-3-5-12(6-4-10)25(22,23)21(18)14-9-19-20-13-7-11(17)8-15(24-2)16(13)14/h3-9H,18H2,1-2H3. The van der Waals surface area contributed by atoms with Gasteiger partial charge in [-0.3, -0.25) is 0 Å². The van der Waals surface area contributed by atoms with Gasteiger partial charge in [0.15, 0.2) is 0 Å². The van der Waals surface area contributed by atoms with Crippen LogP contribution >= 0.6 is 15.9 Å². The Labute approximate surface area is 153 Å². The molecule has 0 aliphatic carbocycles. The minimum absolute atomic E-state index is 0.0849. The lowest BCUT2D eigenvalue weighted by Crippen LogP contribution is -2.37. The second-order valence-corrected chi connectivity index (χ2v) is 8.08. The van der Waals surface area contributed by atoms with Crippen LogP contribution in [0.15, 0.2) is 52.0 Å². The van der Waals surface area contributed by atoms with Crippen LogP contribution in [-0.4, -0.2) is 25.7 Å². The van der Waals surface area contributed by atoms with E-state index in [2.05, 4.69) is 26.1 Å². The van der Waals surface area contributed by atoms with Gasteiger partial charge in [0, 0.05) is 4.47 Å². The summed E-state index contributed by atoms with van der Waals surface area (Å²) >= 11 is 3.36. The minimum atomic E-state index is -3.96. The number of aryl methyl sites for hydroxylation is 1. The molecule has 0 aliphatic heterocycles. The van der Waals surface area contributed by atoms with Gasteiger partial charge in [0.1, 0.15) is 11.4 Å². The summed E-state index contributed by atoms with van der Waals surface area (Å²) in [6.07, 6.45) is 1.30. The molecule has 9 heteroatoms. The summed E-state index contributed by atoms with van der Waals surface area (Å²) in [5.41, 5.74) is 1.58. The fourth-order valence-electron chi connectivity index (χ4n) is 2.40. The number of nitrogens with two attached hydrogens (primary N) is 1. The molecular formula is C16H15BrN4O3S. The highest BCUT2D eigenvalue weighted by Crippen LogP contribution is 2.36. The number of anilines is 1. The van der Waals surface area contributed by atoms with Gasteiger partial charge in [0.25, 0.3) is 10.0 Å². The normalized spacial score (nSPS) is 11.5. The molecule has 7 nitrogen and oxygen atoms in total. The van der Waals surface area contributed by atoms with Crippen LogP contribution in [0.25, 0.3) is 10.9 Å². The Bertz CT molecular complexity index is 1040. The van der Waals surface area contributed by atoms with Gasteiger partial charge in [0.2, 0.25) is 0 Å². The molecule has 0 saturated carbocycles. The zero-order valence-corrected chi connectivity index (χ0v) is 15.9. The van der Waals surface area contributed by atoms with Crippen molar-refractivity contribution in [2.75, 3.05) is 11.5 Å². The number of nitrogens with zero attached hydrogens (tertiary/aromatic N) is 3. The lowest BCUT2D eigenvalue weighted by atomic mass is 10.2. The third-order valence-electron chi connectivity index (χ3n) is 3.68. The van der Waals surface area contributed by atoms with Crippen molar-refractivity contribution in [2.24, 2.45) is 5.84 Å². The molecule has 1 aromatic heterocycles. The molecule has 2 N–H and O–H groups in total. The van der Waals surface area contributed by atoms with Gasteiger partial charge >= 0.3 is 0 Å². The Hall–Kier alpha value is -2.23. The maximum atomic E-state index is 12.9. The third-order valence-corrected chi connectivity index (χ3v) is 5.72. The molecular weight excluding hydrogens is 408 g/mol. The maximum absolute atomic E-state index is 12.9. The molecule has 0 atom stereocenters. The van der Waals surface area contributed by atoms with Crippen molar-refractivity contribution in [3.8, 4) is 5.75 Å². The summed E-state index contributed by atoms with van der Waals surface area (Å²) in [5, 5.41) is 8.34. The lowest BCUT2D eigenvalue weighted by molar-refractivity contribution is 0.419. The van der Waals surface area contributed by atoms with Crippen molar-refractivity contribution in [1.29, 1.82) is 0 Å². The van der Waals surface area contributed by atoms with Crippen molar-refractivity contribution in [1.82, 2.24) is 10.2 Å². The summed E-state index contributed by atoms with van der Waals surface area (Å²) < 4.78 is 32.5. The third kappa shape index (κ3) is 3.17. The molecule has 3 rings (SSSR count). The van der Waals surface area contributed by atoms with Crippen LogP contribution < -0.4 is 15.0 Å². The van der Waals surface area contributed by atoms with E-state index in [1.807, 2.05) is 6.92 Å². The first-order valence-corrected chi connectivity index (χ1v) is 9.43. The molecule has 0 unspecified atom stereocenters. The molecule has 2 aromatic carbocycles. The lowest BCUT2D eigenvalue weighted by Gasteiger charge is -2.20. The predicted octanol–water partition coefficient (Wildman–Crippen LogP) is 2.78. The predicted molar refractivity (Wildman–Crippen MR) is 98.8 cm³/mol. The number of halogens is 1. The van der Waals surface area contributed by atoms with E-state index in [1.54, 1.807) is 24.3 Å². The molecule has 25 heavy (non-hydrogen) atoms. The number of benzene rings is 2. The molecule has 0 saturated heterocycles. The van der Waals surface area contributed by atoms with E-state index in [0.717, 1.165) is 10.0 Å². The van der Waals surface area contributed by atoms with E-state index in [1.165, 1.54) is 25.4 Å².